The van der Waals surface area contributed by atoms with Gasteiger partial charge in [-0.05, 0) is 24.0 Å². The van der Waals surface area contributed by atoms with Crippen molar-refractivity contribution in [1.29, 1.82) is 0 Å². The SMILES string of the molecule is C1=C2CCOC2CC1c1ccccc1. The van der Waals surface area contributed by atoms with E-state index in [4.69, 9.17) is 4.74 Å². The molecular weight excluding hydrogens is 172 g/mol. The number of allylic oxidation sites excluding steroid dienone is 1. The molecular formula is C13H14O. The number of ether oxygens (including phenoxy) is 1. The maximum absolute atomic E-state index is 5.66. The predicted molar refractivity (Wildman–Crippen MR) is 56.2 cm³/mol. The average Bonchev–Trinajstić information content (AvgIpc) is 2.78. The first-order valence-electron chi connectivity index (χ1n) is 5.30. The molecule has 0 aromatic heterocycles. The maximum atomic E-state index is 5.66. The Morgan fingerprint density at radius 2 is 2.00 bits per heavy atom. The lowest BCUT2D eigenvalue weighted by molar-refractivity contribution is 0.120. The van der Waals surface area contributed by atoms with Crippen LogP contribution in [0.1, 0.15) is 24.3 Å². The third-order valence-electron chi connectivity index (χ3n) is 3.23. The van der Waals surface area contributed by atoms with Crippen molar-refractivity contribution in [3.8, 4) is 0 Å². The molecule has 14 heavy (non-hydrogen) atoms. The molecule has 2 atom stereocenters. The predicted octanol–water partition coefficient (Wildman–Crippen LogP) is 2.89. The highest BCUT2D eigenvalue weighted by Gasteiger charge is 2.31. The van der Waals surface area contributed by atoms with Crippen LogP contribution in [0.2, 0.25) is 0 Å². The molecule has 2 aliphatic rings. The van der Waals surface area contributed by atoms with Crippen LogP contribution in [-0.2, 0) is 4.74 Å². The summed E-state index contributed by atoms with van der Waals surface area (Å²) in [5.41, 5.74) is 2.96. The molecule has 1 fully saturated rings. The number of benzene rings is 1. The Morgan fingerprint density at radius 3 is 2.79 bits per heavy atom. The molecule has 1 aliphatic carbocycles. The van der Waals surface area contributed by atoms with Crippen molar-refractivity contribution in [3.05, 3.63) is 47.5 Å². The average molecular weight is 186 g/mol. The first-order valence-corrected chi connectivity index (χ1v) is 5.30. The lowest BCUT2D eigenvalue weighted by Crippen LogP contribution is -2.04. The summed E-state index contributed by atoms with van der Waals surface area (Å²) in [6, 6.07) is 10.7. The fourth-order valence-corrected chi connectivity index (χ4v) is 2.49. The second kappa shape index (κ2) is 3.25. The molecule has 3 rings (SSSR count). The fraction of sp³-hybridized carbons (Fsp3) is 0.385. The zero-order valence-corrected chi connectivity index (χ0v) is 8.15. The van der Waals surface area contributed by atoms with Crippen LogP contribution in [0.4, 0.5) is 0 Å². The molecule has 1 aliphatic heterocycles. The van der Waals surface area contributed by atoms with Gasteiger partial charge in [0.15, 0.2) is 0 Å². The van der Waals surface area contributed by atoms with Gasteiger partial charge in [0.05, 0.1) is 12.7 Å². The Bertz CT molecular complexity index is 353. The van der Waals surface area contributed by atoms with Crippen molar-refractivity contribution in [3.63, 3.8) is 0 Å². The molecule has 0 saturated carbocycles. The van der Waals surface area contributed by atoms with Crippen molar-refractivity contribution in [1.82, 2.24) is 0 Å². The van der Waals surface area contributed by atoms with Crippen molar-refractivity contribution in [2.24, 2.45) is 0 Å². The summed E-state index contributed by atoms with van der Waals surface area (Å²) < 4.78 is 5.66. The third kappa shape index (κ3) is 1.28. The Labute approximate surface area is 84.4 Å². The van der Waals surface area contributed by atoms with E-state index in [1.165, 1.54) is 11.1 Å². The normalized spacial score (nSPS) is 30.1. The molecule has 1 nitrogen and oxygen atoms in total. The molecule has 1 heterocycles. The summed E-state index contributed by atoms with van der Waals surface area (Å²) in [6.07, 6.45) is 5.14. The van der Waals surface area contributed by atoms with E-state index < -0.39 is 0 Å². The minimum Gasteiger partial charge on any atom is -0.374 e. The second-order valence-electron chi connectivity index (χ2n) is 4.10. The molecule has 1 aromatic carbocycles. The Morgan fingerprint density at radius 1 is 1.14 bits per heavy atom. The van der Waals surface area contributed by atoms with Gasteiger partial charge in [0.2, 0.25) is 0 Å². The lowest BCUT2D eigenvalue weighted by Gasteiger charge is -2.10. The number of hydrogen-bond acceptors (Lipinski definition) is 1. The lowest BCUT2D eigenvalue weighted by atomic mass is 9.98. The van der Waals surface area contributed by atoms with Crippen molar-refractivity contribution >= 4 is 0 Å². The number of hydrogen-bond donors (Lipinski definition) is 0. The highest BCUT2D eigenvalue weighted by Crippen LogP contribution is 2.38. The molecule has 72 valence electrons. The summed E-state index contributed by atoms with van der Waals surface area (Å²) in [7, 11) is 0. The van der Waals surface area contributed by atoms with Gasteiger partial charge in [-0.2, -0.15) is 0 Å². The molecule has 1 saturated heterocycles. The van der Waals surface area contributed by atoms with Gasteiger partial charge in [-0.1, -0.05) is 36.4 Å². The Kier molecular flexibility index (Phi) is 1.91. The van der Waals surface area contributed by atoms with Gasteiger partial charge < -0.3 is 4.74 Å². The first-order chi connectivity index (χ1) is 6.93. The quantitative estimate of drug-likeness (QED) is 0.613. The molecule has 0 radical (unpaired) electrons. The third-order valence-corrected chi connectivity index (χ3v) is 3.23. The summed E-state index contributed by atoms with van der Waals surface area (Å²) >= 11 is 0. The van der Waals surface area contributed by atoms with Crippen LogP contribution in [0, 0.1) is 0 Å². The highest BCUT2D eigenvalue weighted by atomic mass is 16.5. The van der Waals surface area contributed by atoms with Crippen LogP contribution in [0.15, 0.2) is 42.0 Å². The van der Waals surface area contributed by atoms with Gasteiger partial charge in [0.25, 0.3) is 0 Å². The second-order valence-corrected chi connectivity index (χ2v) is 4.10. The van der Waals surface area contributed by atoms with Gasteiger partial charge in [-0.3, -0.25) is 0 Å². The van der Waals surface area contributed by atoms with Crippen LogP contribution < -0.4 is 0 Å². The monoisotopic (exact) mass is 186 g/mol. The van der Waals surface area contributed by atoms with E-state index in [9.17, 15) is 0 Å². The zero-order chi connectivity index (χ0) is 9.38. The highest BCUT2D eigenvalue weighted by molar-refractivity contribution is 5.32. The van der Waals surface area contributed by atoms with Crippen LogP contribution in [0.25, 0.3) is 0 Å². The zero-order valence-electron chi connectivity index (χ0n) is 8.15. The topological polar surface area (TPSA) is 9.23 Å². The molecule has 1 aromatic rings. The standard InChI is InChI=1S/C13H14O/c1-2-4-10(5-3-1)12-8-11-6-7-14-13(11)9-12/h1-5,8,12-13H,6-7,9H2. The number of rotatable bonds is 1. The van der Waals surface area contributed by atoms with E-state index in [1.807, 2.05) is 0 Å². The summed E-state index contributed by atoms with van der Waals surface area (Å²) in [5, 5.41) is 0. The fourth-order valence-electron chi connectivity index (χ4n) is 2.49. The molecule has 2 unspecified atom stereocenters. The maximum Gasteiger partial charge on any atom is 0.0795 e. The Balaban J connectivity index is 1.87. The molecule has 1 heteroatoms. The van der Waals surface area contributed by atoms with Gasteiger partial charge in [0, 0.05) is 5.92 Å². The van der Waals surface area contributed by atoms with Gasteiger partial charge >= 0.3 is 0 Å². The van der Waals surface area contributed by atoms with Gasteiger partial charge in [0.1, 0.15) is 0 Å². The first kappa shape index (κ1) is 8.25. The molecule has 0 spiro atoms. The summed E-state index contributed by atoms with van der Waals surface area (Å²) in [6.45, 7) is 0.929. The summed E-state index contributed by atoms with van der Waals surface area (Å²) in [5.74, 6) is 0.594. The minimum atomic E-state index is 0.431. The Hall–Kier alpha value is -1.08. The van der Waals surface area contributed by atoms with Crippen LogP contribution in [0.3, 0.4) is 0 Å². The molecule has 0 bridgehead atoms. The smallest absolute Gasteiger partial charge is 0.0795 e. The minimum absolute atomic E-state index is 0.431. The van der Waals surface area contributed by atoms with E-state index in [0.717, 1.165) is 19.4 Å². The summed E-state index contributed by atoms with van der Waals surface area (Å²) in [4.78, 5) is 0. The van der Waals surface area contributed by atoms with E-state index in [2.05, 4.69) is 36.4 Å². The van der Waals surface area contributed by atoms with Gasteiger partial charge in [-0.15, -0.1) is 0 Å². The van der Waals surface area contributed by atoms with Crippen molar-refractivity contribution in [2.75, 3.05) is 6.61 Å². The van der Waals surface area contributed by atoms with E-state index >= 15 is 0 Å². The van der Waals surface area contributed by atoms with Crippen LogP contribution >= 0.6 is 0 Å². The number of fused-ring (bicyclic) bond motifs is 1. The van der Waals surface area contributed by atoms with E-state index in [1.54, 1.807) is 0 Å². The van der Waals surface area contributed by atoms with Gasteiger partial charge in [-0.25, -0.2) is 0 Å². The van der Waals surface area contributed by atoms with Crippen LogP contribution in [-0.4, -0.2) is 12.7 Å². The van der Waals surface area contributed by atoms with Crippen molar-refractivity contribution in [2.45, 2.75) is 24.9 Å². The molecule has 0 N–H and O–H groups in total. The van der Waals surface area contributed by atoms with Crippen LogP contribution in [0.5, 0.6) is 0 Å². The van der Waals surface area contributed by atoms with Crippen molar-refractivity contribution < 1.29 is 4.74 Å². The molecule has 0 amide bonds. The van der Waals surface area contributed by atoms with E-state index in [-0.39, 0.29) is 0 Å². The largest absolute Gasteiger partial charge is 0.374 e. The van der Waals surface area contributed by atoms with E-state index in [0.29, 0.717) is 12.0 Å².